The van der Waals surface area contributed by atoms with Crippen LogP contribution in [0.4, 0.5) is 0 Å². The van der Waals surface area contributed by atoms with E-state index in [1.54, 1.807) is 6.07 Å². The van der Waals surface area contributed by atoms with Crippen LogP contribution in [0.2, 0.25) is 5.02 Å². The molecule has 1 aliphatic rings. The molecule has 0 aromatic heterocycles. The number of hydrogen-bond acceptors (Lipinski definition) is 3. The predicted octanol–water partition coefficient (Wildman–Crippen LogP) is 2.33. The van der Waals surface area contributed by atoms with Gasteiger partial charge in [0.05, 0.1) is 11.7 Å². The fourth-order valence-corrected chi connectivity index (χ4v) is 2.64. The molecular weight excluding hydrogens is 266 g/mol. The summed E-state index contributed by atoms with van der Waals surface area (Å²) in [6.07, 6.45) is 3.34. The van der Waals surface area contributed by atoms with Crippen LogP contribution in [0.25, 0.3) is 0 Å². The summed E-state index contributed by atoms with van der Waals surface area (Å²) >= 11 is 5.72. The Morgan fingerprint density at radius 1 is 1.42 bits per heavy atom. The van der Waals surface area contributed by atoms with E-state index in [9.17, 15) is 15.0 Å². The topological polar surface area (TPSA) is 69.6 Å². The van der Waals surface area contributed by atoms with E-state index in [4.69, 9.17) is 11.6 Å². The Morgan fingerprint density at radius 3 is 2.89 bits per heavy atom. The van der Waals surface area contributed by atoms with E-state index in [1.807, 2.05) is 0 Å². The molecule has 2 rings (SSSR count). The number of aromatic hydroxyl groups is 1. The number of aliphatic hydroxyl groups excluding tert-OH is 1. The van der Waals surface area contributed by atoms with Crippen molar-refractivity contribution in [3.05, 3.63) is 28.8 Å². The summed E-state index contributed by atoms with van der Waals surface area (Å²) in [5.41, 5.74) is 0.223. The number of benzene rings is 1. The SMILES string of the molecule is O=C(NCC1CCCC(O)C1)c1ccc(Cl)cc1O. The highest BCUT2D eigenvalue weighted by atomic mass is 35.5. The zero-order valence-electron chi connectivity index (χ0n) is 10.6. The minimum Gasteiger partial charge on any atom is -0.507 e. The summed E-state index contributed by atoms with van der Waals surface area (Å²) in [6, 6.07) is 4.42. The number of phenols is 1. The van der Waals surface area contributed by atoms with Crippen LogP contribution in [0, 0.1) is 5.92 Å². The zero-order chi connectivity index (χ0) is 13.8. The number of amides is 1. The Kier molecular flexibility index (Phi) is 4.66. The van der Waals surface area contributed by atoms with Crippen molar-refractivity contribution < 1.29 is 15.0 Å². The Morgan fingerprint density at radius 2 is 2.21 bits per heavy atom. The second-order valence-corrected chi connectivity index (χ2v) is 5.49. The Bertz CT molecular complexity index is 464. The molecule has 1 fully saturated rings. The number of hydrogen-bond donors (Lipinski definition) is 3. The van der Waals surface area contributed by atoms with Gasteiger partial charge in [-0.15, -0.1) is 0 Å². The summed E-state index contributed by atoms with van der Waals surface area (Å²) < 4.78 is 0. The molecule has 0 aliphatic heterocycles. The fourth-order valence-electron chi connectivity index (χ4n) is 2.48. The summed E-state index contributed by atoms with van der Waals surface area (Å²) in [6.45, 7) is 0.526. The smallest absolute Gasteiger partial charge is 0.255 e. The van der Waals surface area contributed by atoms with Gasteiger partial charge in [0, 0.05) is 11.6 Å². The lowest BCUT2D eigenvalue weighted by Gasteiger charge is -2.25. The van der Waals surface area contributed by atoms with E-state index in [0.717, 1.165) is 25.7 Å². The third kappa shape index (κ3) is 3.85. The molecular formula is C14H18ClNO3. The first kappa shape index (κ1) is 14.2. The first-order valence-electron chi connectivity index (χ1n) is 6.51. The maximum atomic E-state index is 11.9. The number of nitrogens with one attached hydrogen (secondary N) is 1. The number of aliphatic hydroxyl groups is 1. The van der Waals surface area contributed by atoms with E-state index in [-0.39, 0.29) is 23.3 Å². The van der Waals surface area contributed by atoms with Crippen LogP contribution in [0.1, 0.15) is 36.0 Å². The molecule has 0 saturated heterocycles. The Labute approximate surface area is 117 Å². The van der Waals surface area contributed by atoms with Gasteiger partial charge in [0.15, 0.2) is 0 Å². The Hall–Kier alpha value is -1.26. The highest BCUT2D eigenvalue weighted by Gasteiger charge is 2.21. The minimum absolute atomic E-state index is 0.117. The highest BCUT2D eigenvalue weighted by molar-refractivity contribution is 6.30. The molecule has 0 radical (unpaired) electrons. The van der Waals surface area contributed by atoms with Crippen molar-refractivity contribution in [2.45, 2.75) is 31.8 Å². The minimum atomic E-state index is -0.311. The van der Waals surface area contributed by atoms with Crippen LogP contribution >= 0.6 is 11.6 Å². The first-order chi connectivity index (χ1) is 9.06. The van der Waals surface area contributed by atoms with Crippen LogP contribution in [0.3, 0.4) is 0 Å². The van der Waals surface area contributed by atoms with E-state index in [1.165, 1.54) is 12.1 Å². The quantitative estimate of drug-likeness (QED) is 0.797. The highest BCUT2D eigenvalue weighted by Crippen LogP contribution is 2.24. The average Bonchev–Trinajstić information content (AvgIpc) is 2.36. The van der Waals surface area contributed by atoms with Crippen LogP contribution < -0.4 is 5.32 Å². The fraction of sp³-hybridized carbons (Fsp3) is 0.500. The van der Waals surface area contributed by atoms with Crippen LogP contribution in [0.5, 0.6) is 5.75 Å². The van der Waals surface area contributed by atoms with Crippen molar-refractivity contribution >= 4 is 17.5 Å². The molecule has 19 heavy (non-hydrogen) atoms. The predicted molar refractivity (Wildman–Crippen MR) is 73.4 cm³/mol. The molecule has 3 N–H and O–H groups in total. The lowest BCUT2D eigenvalue weighted by Crippen LogP contribution is -2.33. The third-order valence-corrected chi connectivity index (χ3v) is 3.75. The molecule has 1 aromatic carbocycles. The largest absolute Gasteiger partial charge is 0.507 e. The summed E-state index contributed by atoms with van der Waals surface area (Å²) in [5.74, 6) is -0.120. The third-order valence-electron chi connectivity index (χ3n) is 3.51. The van der Waals surface area contributed by atoms with Crippen LogP contribution in [0.15, 0.2) is 18.2 Å². The molecule has 104 valence electrons. The maximum absolute atomic E-state index is 11.9. The van der Waals surface area contributed by atoms with E-state index in [0.29, 0.717) is 17.5 Å². The number of phenolic OH excluding ortho intramolecular Hbond substituents is 1. The molecule has 0 bridgehead atoms. The van der Waals surface area contributed by atoms with Crippen molar-refractivity contribution in [2.75, 3.05) is 6.54 Å². The van der Waals surface area contributed by atoms with Gasteiger partial charge in [-0.2, -0.15) is 0 Å². The summed E-state index contributed by atoms with van der Waals surface area (Å²) in [7, 11) is 0. The van der Waals surface area contributed by atoms with Gasteiger partial charge in [0.1, 0.15) is 5.75 Å². The lowest BCUT2D eigenvalue weighted by molar-refractivity contribution is 0.0872. The average molecular weight is 284 g/mol. The van der Waals surface area contributed by atoms with E-state index >= 15 is 0 Å². The summed E-state index contributed by atoms with van der Waals surface area (Å²) in [4.78, 5) is 11.9. The zero-order valence-corrected chi connectivity index (χ0v) is 11.4. The molecule has 1 aromatic rings. The van der Waals surface area contributed by atoms with Crippen molar-refractivity contribution in [1.82, 2.24) is 5.32 Å². The van der Waals surface area contributed by atoms with Gasteiger partial charge in [-0.3, -0.25) is 4.79 Å². The van der Waals surface area contributed by atoms with Crippen molar-refractivity contribution in [2.24, 2.45) is 5.92 Å². The lowest BCUT2D eigenvalue weighted by atomic mass is 9.87. The van der Waals surface area contributed by atoms with Gasteiger partial charge in [0.2, 0.25) is 0 Å². The van der Waals surface area contributed by atoms with Gasteiger partial charge < -0.3 is 15.5 Å². The molecule has 0 heterocycles. The molecule has 4 nitrogen and oxygen atoms in total. The molecule has 1 saturated carbocycles. The number of rotatable bonds is 3. The Balaban J connectivity index is 1.90. The van der Waals surface area contributed by atoms with Gasteiger partial charge in [-0.05, 0) is 43.4 Å². The number of carbonyl (C=O) groups excluding carboxylic acids is 1. The van der Waals surface area contributed by atoms with Crippen LogP contribution in [-0.4, -0.2) is 28.8 Å². The second kappa shape index (κ2) is 6.26. The van der Waals surface area contributed by atoms with Crippen molar-refractivity contribution in [3.63, 3.8) is 0 Å². The molecule has 1 amide bonds. The first-order valence-corrected chi connectivity index (χ1v) is 6.89. The number of carbonyl (C=O) groups is 1. The molecule has 0 spiro atoms. The maximum Gasteiger partial charge on any atom is 0.255 e. The second-order valence-electron chi connectivity index (χ2n) is 5.06. The van der Waals surface area contributed by atoms with Crippen LogP contribution in [-0.2, 0) is 0 Å². The molecule has 2 unspecified atom stereocenters. The van der Waals surface area contributed by atoms with E-state index in [2.05, 4.69) is 5.32 Å². The van der Waals surface area contributed by atoms with E-state index < -0.39 is 0 Å². The van der Waals surface area contributed by atoms with Crippen molar-refractivity contribution in [1.29, 1.82) is 0 Å². The molecule has 2 atom stereocenters. The number of halogens is 1. The summed E-state index contributed by atoms with van der Waals surface area (Å²) in [5, 5.41) is 22.4. The molecule has 5 heteroatoms. The van der Waals surface area contributed by atoms with Crippen molar-refractivity contribution in [3.8, 4) is 5.75 Å². The van der Waals surface area contributed by atoms with Gasteiger partial charge in [-0.1, -0.05) is 18.0 Å². The standard InChI is InChI=1S/C14H18ClNO3/c15-10-4-5-12(13(18)7-10)14(19)16-8-9-2-1-3-11(17)6-9/h4-5,7,9,11,17-18H,1-3,6,8H2,(H,16,19). The molecule has 1 aliphatic carbocycles. The monoisotopic (exact) mass is 283 g/mol. The van der Waals surface area contributed by atoms with Gasteiger partial charge >= 0.3 is 0 Å². The van der Waals surface area contributed by atoms with Gasteiger partial charge in [0.25, 0.3) is 5.91 Å². The normalized spacial score (nSPS) is 23.1. The van der Waals surface area contributed by atoms with Gasteiger partial charge in [-0.25, -0.2) is 0 Å².